The summed E-state index contributed by atoms with van der Waals surface area (Å²) < 4.78 is 2.41. The van der Waals surface area contributed by atoms with Gasteiger partial charge in [-0.3, -0.25) is 0 Å². The molecule has 3 nitrogen and oxygen atoms in total. The first-order valence-electron chi connectivity index (χ1n) is 21.7. The predicted octanol–water partition coefficient (Wildman–Crippen LogP) is 15.6. The Kier molecular flexibility index (Phi) is 8.30. The van der Waals surface area contributed by atoms with E-state index in [0.717, 1.165) is 27.5 Å². The van der Waals surface area contributed by atoms with E-state index in [1.54, 1.807) is 11.3 Å². The summed E-state index contributed by atoms with van der Waals surface area (Å²) in [6.45, 7) is 0. The minimum absolute atomic E-state index is 0.549. The molecule has 4 heteroatoms. The fraction of sp³-hybridized carbons (Fsp3) is 0.0167. The Morgan fingerprint density at radius 2 is 0.828 bits per heavy atom. The second-order valence-corrected chi connectivity index (χ2v) is 17.8. The van der Waals surface area contributed by atoms with Crippen molar-refractivity contribution < 1.29 is 0 Å². The fourth-order valence-corrected chi connectivity index (χ4v) is 11.4. The molecule has 0 saturated carbocycles. The molecule has 0 N–H and O–H groups in total. The number of hydrogen-bond acceptors (Lipinski definition) is 4. The summed E-state index contributed by atoms with van der Waals surface area (Å²) >= 11 is 1.79. The molecule has 10 aromatic carbocycles. The van der Waals surface area contributed by atoms with Crippen LogP contribution in [0.1, 0.15) is 22.3 Å². The maximum atomic E-state index is 5.41. The Balaban J connectivity index is 1.03. The van der Waals surface area contributed by atoms with Crippen molar-refractivity contribution in [1.82, 2.24) is 15.0 Å². The van der Waals surface area contributed by atoms with Gasteiger partial charge in [-0.05, 0) is 102 Å². The molecule has 0 atom stereocenters. The number of benzene rings is 10. The van der Waals surface area contributed by atoms with Gasteiger partial charge in [0.05, 0.1) is 5.41 Å². The van der Waals surface area contributed by atoms with Crippen LogP contribution in [0.3, 0.4) is 0 Å². The van der Waals surface area contributed by atoms with Gasteiger partial charge in [0, 0.05) is 36.9 Å². The maximum Gasteiger partial charge on any atom is 0.165 e. The zero-order chi connectivity index (χ0) is 42.2. The Morgan fingerprint density at radius 1 is 0.312 bits per heavy atom. The van der Waals surface area contributed by atoms with Crippen molar-refractivity contribution >= 4 is 53.1 Å². The Hall–Kier alpha value is -8.05. The van der Waals surface area contributed by atoms with E-state index >= 15 is 0 Å². The quantitative estimate of drug-likeness (QED) is 0.168. The van der Waals surface area contributed by atoms with Crippen LogP contribution in [-0.2, 0) is 5.41 Å². The van der Waals surface area contributed by atoms with E-state index < -0.39 is 5.41 Å². The van der Waals surface area contributed by atoms with Crippen LogP contribution in [0.2, 0.25) is 0 Å². The smallest absolute Gasteiger partial charge is 0.165 e. The van der Waals surface area contributed by atoms with Crippen molar-refractivity contribution in [3.8, 4) is 56.4 Å². The lowest BCUT2D eigenvalue weighted by Gasteiger charge is -2.34. The third-order valence-corrected chi connectivity index (χ3v) is 14.4. The Morgan fingerprint density at radius 3 is 1.59 bits per heavy atom. The zero-order valence-electron chi connectivity index (χ0n) is 34.6. The lowest BCUT2D eigenvalue weighted by molar-refractivity contribution is 0.768. The Bertz CT molecular complexity index is 3760. The van der Waals surface area contributed by atoms with Crippen LogP contribution in [0.5, 0.6) is 0 Å². The van der Waals surface area contributed by atoms with Crippen molar-refractivity contribution in [2.24, 2.45) is 0 Å². The summed E-state index contributed by atoms with van der Waals surface area (Å²) in [5.74, 6) is 1.93. The number of aromatic nitrogens is 3. The minimum atomic E-state index is -0.549. The van der Waals surface area contributed by atoms with E-state index in [1.807, 2.05) is 0 Å². The van der Waals surface area contributed by atoms with Gasteiger partial charge in [0.2, 0.25) is 0 Å². The molecule has 2 heterocycles. The van der Waals surface area contributed by atoms with E-state index in [1.165, 1.54) is 75.5 Å². The summed E-state index contributed by atoms with van der Waals surface area (Å²) in [5.41, 5.74) is 12.1. The number of hydrogen-bond donors (Lipinski definition) is 0. The monoisotopic (exact) mass is 831 g/mol. The van der Waals surface area contributed by atoms with E-state index in [2.05, 4.69) is 224 Å². The van der Waals surface area contributed by atoms with Crippen LogP contribution in [0.25, 0.3) is 98.1 Å². The van der Waals surface area contributed by atoms with Gasteiger partial charge in [-0.25, -0.2) is 15.0 Å². The number of thiophene rings is 1. The normalized spacial score (nSPS) is 12.8. The molecule has 0 amide bonds. The summed E-state index contributed by atoms with van der Waals surface area (Å²) in [6.07, 6.45) is 0. The van der Waals surface area contributed by atoms with E-state index in [0.29, 0.717) is 17.5 Å². The van der Waals surface area contributed by atoms with Crippen molar-refractivity contribution in [2.45, 2.75) is 5.41 Å². The largest absolute Gasteiger partial charge is 0.208 e. The highest BCUT2D eigenvalue weighted by Crippen LogP contribution is 2.56. The highest BCUT2D eigenvalue weighted by atomic mass is 32.1. The molecule has 1 aliphatic rings. The summed E-state index contributed by atoms with van der Waals surface area (Å²) in [7, 11) is 0. The van der Waals surface area contributed by atoms with Crippen LogP contribution < -0.4 is 0 Å². The van der Waals surface area contributed by atoms with Gasteiger partial charge >= 0.3 is 0 Å². The third-order valence-electron chi connectivity index (χ3n) is 13.2. The molecule has 0 saturated heterocycles. The fourth-order valence-electron chi connectivity index (χ4n) is 10.2. The standard InChI is InChI=1S/C60H37N3S/c1-3-16-46(17-4-1)60(47-18-5-2-6-19-47)53-24-11-9-20-48(53)49-33-32-44(37-54(49)60)58-61-57(62-59(63-58)52-23-13-22-51-50-21-10-12-25-55(50)64-56(51)52)43-31-28-39-27-30-42(35-45(39)36-43)41-29-26-38-14-7-8-15-40(38)34-41/h1-37H. The average Bonchev–Trinajstić information content (AvgIpc) is 3.90. The molecule has 298 valence electrons. The molecule has 12 aromatic rings. The molecule has 2 aromatic heterocycles. The van der Waals surface area contributed by atoms with Crippen LogP contribution in [0, 0.1) is 0 Å². The molecule has 0 aliphatic heterocycles. The van der Waals surface area contributed by atoms with Gasteiger partial charge in [-0.2, -0.15) is 0 Å². The van der Waals surface area contributed by atoms with Crippen LogP contribution in [-0.4, -0.2) is 15.0 Å². The molecule has 64 heavy (non-hydrogen) atoms. The van der Waals surface area contributed by atoms with Crippen molar-refractivity contribution in [3.05, 3.63) is 247 Å². The molecule has 0 fully saturated rings. The lowest BCUT2D eigenvalue weighted by atomic mass is 9.67. The molecule has 0 spiro atoms. The van der Waals surface area contributed by atoms with Crippen molar-refractivity contribution in [2.75, 3.05) is 0 Å². The molecular formula is C60H37N3S. The Labute approximate surface area is 374 Å². The topological polar surface area (TPSA) is 38.7 Å². The van der Waals surface area contributed by atoms with Gasteiger partial charge in [0.15, 0.2) is 17.5 Å². The first-order chi connectivity index (χ1) is 31.7. The van der Waals surface area contributed by atoms with Crippen LogP contribution >= 0.6 is 11.3 Å². The number of nitrogens with zero attached hydrogens (tertiary/aromatic N) is 3. The van der Waals surface area contributed by atoms with Gasteiger partial charge in [0.25, 0.3) is 0 Å². The molecule has 0 radical (unpaired) electrons. The molecular weight excluding hydrogens is 795 g/mol. The van der Waals surface area contributed by atoms with E-state index in [9.17, 15) is 0 Å². The van der Waals surface area contributed by atoms with Gasteiger partial charge < -0.3 is 0 Å². The summed E-state index contributed by atoms with van der Waals surface area (Å²) in [4.78, 5) is 16.2. The van der Waals surface area contributed by atoms with Gasteiger partial charge in [-0.15, -0.1) is 11.3 Å². The minimum Gasteiger partial charge on any atom is -0.208 e. The highest BCUT2D eigenvalue weighted by Gasteiger charge is 2.46. The second kappa shape index (κ2) is 14.5. The van der Waals surface area contributed by atoms with Gasteiger partial charge in [0.1, 0.15) is 0 Å². The third kappa shape index (κ3) is 5.70. The second-order valence-electron chi connectivity index (χ2n) is 16.7. The van der Waals surface area contributed by atoms with E-state index in [-0.39, 0.29) is 0 Å². The maximum absolute atomic E-state index is 5.41. The number of fused-ring (bicyclic) bond motifs is 8. The SMILES string of the molecule is c1ccc(C2(c3ccccc3)c3ccccc3-c3ccc(-c4nc(-c5ccc6ccc(-c7ccc8ccccc8c7)cc6c5)nc(-c5cccc6c5sc5ccccc56)n4)cc32)cc1. The molecule has 1 aliphatic carbocycles. The zero-order valence-corrected chi connectivity index (χ0v) is 35.4. The van der Waals surface area contributed by atoms with Crippen molar-refractivity contribution in [1.29, 1.82) is 0 Å². The lowest BCUT2D eigenvalue weighted by Crippen LogP contribution is -2.28. The van der Waals surface area contributed by atoms with Crippen LogP contribution in [0.4, 0.5) is 0 Å². The van der Waals surface area contributed by atoms with Crippen LogP contribution in [0.15, 0.2) is 224 Å². The first-order valence-corrected chi connectivity index (χ1v) is 22.6. The number of rotatable bonds is 6. The molecule has 0 unspecified atom stereocenters. The molecule has 0 bridgehead atoms. The average molecular weight is 832 g/mol. The first kappa shape index (κ1) is 36.6. The van der Waals surface area contributed by atoms with E-state index in [4.69, 9.17) is 15.0 Å². The molecule has 13 rings (SSSR count). The predicted molar refractivity (Wildman–Crippen MR) is 267 cm³/mol. The van der Waals surface area contributed by atoms with Gasteiger partial charge in [-0.1, -0.05) is 188 Å². The van der Waals surface area contributed by atoms with Crippen molar-refractivity contribution in [3.63, 3.8) is 0 Å². The summed E-state index contributed by atoms with van der Waals surface area (Å²) in [6, 6.07) is 81.2. The highest BCUT2D eigenvalue weighted by molar-refractivity contribution is 7.26. The summed E-state index contributed by atoms with van der Waals surface area (Å²) in [5, 5.41) is 7.21.